The second-order valence-electron chi connectivity index (χ2n) is 19.4. The smallest absolute Gasteiger partial charge is 0.000719 e. The molecule has 15 rings (SSSR count). The third-order valence-corrected chi connectivity index (χ3v) is 15.5. The monoisotopic (exact) mass is 908 g/mol. The van der Waals surface area contributed by atoms with Crippen LogP contribution in [0.5, 0.6) is 0 Å². The van der Waals surface area contributed by atoms with Crippen molar-refractivity contribution in [2.45, 2.75) is 0 Å². The molecule has 0 radical (unpaired) electrons. The van der Waals surface area contributed by atoms with Crippen molar-refractivity contribution in [3.63, 3.8) is 0 Å². The summed E-state index contributed by atoms with van der Waals surface area (Å²) in [6.07, 6.45) is 0. The van der Waals surface area contributed by atoms with E-state index >= 15 is 0 Å². The van der Waals surface area contributed by atoms with E-state index in [1.165, 1.54) is 153 Å². The van der Waals surface area contributed by atoms with Gasteiger partial charge in [-0.3, -0.25) is 0 Å². The number of hydrogen-bond acceptors (Lipinski definition) is 0. The molecule has 0 aliphatic rings. The normalized spacial score (nSPS) is 11.9. The van der Waals surface area contributed by atoms with Gasteiger partial charge in [0.15, 0.2) is 0 Å². The molecule has 0 amide bonds. The first-order valence-corrected chi connectivity index (χ1v) is 25.1. The fourth-order valence-electron chi connectivity index (χ4n) is 12.4. The Balaban J connectivity index is 1.13. The van der Waals surface area contributed by atoms with Gasteiger partial charge in [0.25, 0.3) is 0 Å². The van der Waals surface area contributed by atoms with Crippen molar-refractivity contribution >= 4 is 75.4 Å². The minimum atomic E-state index is 1.20. The fourth-order valence-corrected chi connectivity index (χ4v) is 12.4. The van der Waals surface area contributed by atoms with Crippen LogP contribution in [0, 0.1) is 0 Å². The molecular weight excluding hydrogens is 865 g/mol. The van der Waals surface area contributed by atoms with Crippen LogP contribution in [0.25, 0.3) is 153 Å². The van der Waals surface area contributed by atoms with Crippen molar-refractivity contribution < 1.29 is 0 Å². The van der Waals surface area contributed by atoms with Gasteiger partial charge in [-0.25, -0.2) is 0 Å². The zero-order valence-corrected chi connectivity index (χ0v) is 39.4. The first-order chi connectivity index (χ1) is 35.7. The Morgan fingerprint density at radius 3 is 1.08 bits per heavy atom. The van der Waals surface area contributed by atoms with Gasteiger partial charge in [-0.05, 0) is 190 Å². The standard InChI is InChI=1S/C72H44/c1-5-19-45(20-6-1)49-27-15-29-51(39-49)66-65-44-64-58-32-14-13-31-57(58)60-34-18-35-61(69(60)64)70(65)67(52-30-16-28-50(40-52)46-21-7-2-8-22-46)72-62-36-17-33-59-56(37-38-63(68(59)62)71(66)72)55-42-53(47-23-9-3-10-24-47)41-54(43-55)48-25-11-4-12-26-48/h1-44H. The fraction of sp³-hybridized carbons (Fsp3) is 0. The van der Waals surface area contributed by atoms with E-state index in [-0.39, 0.29) is 0 Å². The summed E-state index contributed by atoms with van der Waals surface area (Å²) in [5.41, 5.74) is 17.1. The lowest BCUT2D eigenvalue weighted by atomic mass is 9.83. The minimum Gasteiger partial charge on any atom is -0.0622 e. The van der Waals surface area contributed by atoms with Gasteiger partial charge in [-0.15, -0.1) is 0 Å². The molecule has 0 unspecified atom stereocenters. The minimum absolute atomic E-state index is 1.20. The first kappa shape index (κ1) is 40.5. The number of rotatable bonds is 7. The number of benzene rings is 13. The number of fused-ring (bicyclic) bond motifs is 8. The molecule has 0 bridgehead atoms. The van der Waals surface area contributed by atoms with Crippen LogP contribution in [0.1, 0.15) is 0 Å². The molecule has 0 N–H and O–H groups in total. The van der Waals surface area contributed by atoms with E-state index in [0.717, 1.165) is 0 Å². The van der Waals surface area contributed by atoms with E-state index in [0.29, 0.717) is 0 Å². The van der Waals surface area contributed by atoms with Crippen LogP contribution in [-0.4, -0.2) is 0 Å². The molecule has 15 aromatic rings. The van der Waals surface area contributed by atoms with Crippen LogP contribution in [0.4, 0.5) is 0 Å². The quantitative estimate of drug-likeness (QED) is 0.140. The summed E-state index contributed by atoms with van der Waals surface area (Å²) >= 11 is 0. The molecule has 72 heavy (non-hydrogen) atoms. The molecule has 0 aliphatic carbocycles. The third-order valence-electron chi connectivity index (χ3n) is 15.5. The summed E-state index contributed by atoms with van der Waals surface area (Å²) in [4.78, 5) is 0. The van der Waals surface area contributed by atoms with Crippen LogP contribution >= 0.6 is 0 Å². The highest BCUT2D eigenvalue weighted by molar-refractivity contribution is 6.45. The largest absolute Gasteiger partial charge is 0.0622 e. The predicted molar refractivity (Wildman–Crippen MR) is 309 cm³/mol. The maximum Gasteiger partial charge on any atom is -0.000719 e. The topological polar surface area (TPSA) is 0 Å². The lowest BCUT2D eigenvalue weighted by molar-refractivity contribution is 1.58. The Labute approximate surface area is 418 Å². The molecule has 0 heteroatoms. The van der Waals surface area contributed by atoms with E-state index in [1.54, 1.807) is 0 Å². The van der Waals surface area contributed by atoms with Crippen LogP contribution in [-0.2, 0) is 0 Å². The van der Waals surface area contributed by atoms with Gasteiger partial charge in [0, 0.05) is 0 Å². The summed E-state index contributed by atoms with van der Waals surface area (Å²) in [6.45, 7) is 0. The number of hydrogen-bond donors (Lipinski definition) is 0. The molecule has 332 valence electrons. The lowest BCUT2D eigenvalue weighted by Crippen LogP contribution is -1.92. The maximum absolute atomic E-state index is 2.55. The molecule has 15 aromatic carbocycles. The van der Waals surface area contributed by atoms with E-state index in [1.807, 2.05) is 0 Å². The summed E-state index contributed by atoms with van der Waals surface area (Å²) in [5, 5.41) is 18.1. The summed E-state index contributed by atoms with van der Waals surface area (Å²) in [7, 11) is 0. The lowest BCUT2D eigenvalue weighted by Gasteiger charge is -2.20. The van der Waals surface area contributed by atoms with Gasteiger partial charge in [0.05, 0.1) is 0 Å². The predicted octanol–water partition coefficient (Wildman–Crippen LogP) is 20.3. The average Bonchev–Trinajstić information content (AvgIpc) is 3.97. The molecule has 0 atom stereocenters. The Morgan fingerprint density at radius 2 is 0.500 bits per heavy atom. The highest BCUT2D eigenvalue weighted by Crippen LogP contribution is 2.56. The molecule has 0 aliphatic heterocycles. The van der Waals surface area contributed by atoms with Crippen molar-refractivity contribution in [3.8, 4) is 77.9 Å². The van der Waals surface area contributed by atoms with Gasteiger partial charge in [-0.2, -0.15) is 0 Å². The highest BCUT2D eigenvalue weighted by Gasteiger charge is 2.27. The van der Waals surface area contributed by atoms with Gasteiger partial charge in [-0.1, -0.05) is 231 Å². The highest BCUT2D eigenvalue weighted by atomic mass is 14.3. The van der Waals surface area contributed by atoms with E-state index in [9.17, 15) is 0 Å². The van der Waals surface area contributed by atoms with Crippen molar-refractivity contribution in [1.82, 2.24) is 0 Å². The van der Waals surface area contributed by atoms with Crippen LogP contribution < -0.4 is 0 Å². The van der Waals surface area contributed by atoms with Crippen LogP contribution in [0.3, 0.4) is 0 Å². The molecule has 0 nitrogen and oxygen atoms in total. The van der Waals surface area contributed by atoms with Gasteiger partial charge < -0.3 is 0 Å². The summed E-state index contributed by atoms with van der Waals surface area (Å²) in [6, 6.07) is 99.5. The van der Waals surface area contributed by atoms with Gasteiger partial charge in [0.1, 0.15) is 0 Å². The molecule has 0 spiro atoms. The Hall–Kier alpha value is -9.36. The maximum atomic E-state index is 2.55. The SMILES string of the molecule is c1ccc(-c2cc(-c3ccccc3)cc(-c3ccc4c5c(-c6cccc(-c7ccccc7)c6)c6cc7c8ccccc8c8cccc(c6c(-c6cccc(-c9ccccc9)c6)c5c5cccc3c45)c87)c2)cc1. The summed E-state index contributed by atoms with van der Waals surface area (Å²) < 4.78 is 0. The summed E-state index contributed by atoms with van der Waals surface area (Å²) in [5.74, 6) is 0. The Bertz CT molecular complexity index is 4510. The van der Waals surface area contributed by atoms with Gasteiger partial charge in [0.2, 0.25) is 0 Å². The van der Waals surface area contributed by atoms with E-state index in [4.69, 9.17) is 0 Å². The van der Waals surface area contributed by atoms with Crippen LogP contribution in [0.15, 0.2) is 267 Å². The Kier molecular flexibility index (Phi) is 9.06. The third kappa shape index (κ3) is 6.19. The van der Waals surface area contributed by atoms with Crippen molar-refractivity contribution in [3.05, 3.63) is 267 Å². The molecule has 0 heterocycles. The second kappa shape index (κ2) is 16.1. The van der Waals surface area contributed by atoms with Crippen molar-refractivity contribution in [1.29, 1.82) is 0 Å². The zero-order valence-electron chi connectivity index (χ0n) is 39.4. The molecule has 0 aromatic heterocycles. The van der Waals surface area contributed by atoms with Crippen molar-refractivity contribution in [2.24, 2.45) is 0 Å². The van der Waals surface area contributed by atoms with Gasteiger partial charge >= 0.3 is 0 Å². The molecule has 0 fully saturated rings. The molecule has 0 saturated heterocycles. The van der Waals surface area contributed by atoms with Crippen molar-refractivity contribution in [2.75, 3.05) is 0 Å². The van der Waals surface area contributed by atoms with E-state index in [2.05, 4.69) is 267 Å². The van der Waals surface area contributed by atoms with E-state index < -0.39 is 0 Å². The Morgan fingerprint density at radius 1 is 0.139 bits per heavy atom. The second-order valence-corrected chi connectivity index (χ2v) is 19.4. The first-order valence-electron chi connectivity index (χ1n) is 25.1. The van der Waals surface area contributed by atoms with Crippen LogP contribution in [0.2, 0.25) is 0 Å². The zero-order chi connectivity index (χ0) is 47.3. The molecular formula is C72H44. The molecule has 0 saturated carbocycles. The average molecular weight is 909 g/mol.